The number of hydrogen-bond acceptors (Lipinski definition) is 9. The Morgan fingerprint density at radius 3 is 2.26 bits per heavy atom. The first-order valence-electron chi connectivity index (χ1n) is 12.9. The molecule has 0 saturated heterocycles. The van der Waals surface area contributed by atoms with Gasteiger partial charge in [-0.15, -0.1) is 0 Å². The van der Waals surface area contributed by atoms with Gasteiger partial charge < -0.3 is 31.3 Å². The molecular formula is C28H34N2O8. The molecule has 0 heterocycles. The molecule has 0 radical (unpaired) electrons. The first kappa shape index (κ1) is 26.4. The number of primary amides is 1. The largest absolute Gasteiger partial charge is 0.508 e. The van der Waals surface area contributed by atoms with Gasteiger partial charge in [0, 0.05) is 17.1 Å². The van der Waals surface area contributed by atoms with Crippen molar-refractivity contribution in [2.24, 2.45) is 17.6 Å². The first-order valence-corrected chi connectivity index (χ1v) is 12.9. The minimum absolute atomic E-state index is 0.0478. The number of Topliss-reactive ketones (excluding diaryl/α,β-unsaturated/α-hetero) is 2. The highest BCUT2D eigenvalue weighted by molar-refractivity contribution is 6.24. The summed E-state index contributed by atoms with van der Waals surface area (Å²) in [6, 6.07) is 2.23. The van der Waals surface area contributed by atoms with Crippen LogP contribution in [0.3, 0.4) is 0 Å². The van der Waals surface area contributed by atoms with Crippen molar-refractivity contribution in [1.82, 2.24) is 4.90 Å². The van der Waals surface area contributed by atoms with Crippen LogP contribution in [0.15, 0.2) is 29.0 Å². The van der Waals surface area contributed by atoms with Crippen LogP contribution in [-0.4, -0.2) is 79.7 Å². The molecule has 0 aromatic heterocycles. The van der Waals surface area contributed by atoms with E-state index in [1.165, 1.54) is 19.0 Å². The number of likely N-dealkylation sites (N-methyl/N-ethyl adjacent to an activating group) is 1. The first-order chi connectivity index (χ1) is 17.7. The van der Waals surface area contributed by atoms with Crippen molar-refractivity contribution < 1.29 is 39.9 Å². The van der Waals surface area contributed by atoms with Crippen LogP contribution in [0.1, 0.15) is 62.1 Å². The van der Waals surface area contributed by atoms with Crippen LogP contribution < -0.4 is 5.73 Å². The second-order valence-corrected chi connectivity index (χ2v) is 11.7. The maximum absolute atomic E-state index is 14.1. The van der Waals surface area contributed by atoms with Crippen molar-refractivity contribution in [1.29, 1.82) is 0 Å². The van der Waals surface area contributed by atoms with E-state index in [9.17, 15) is 39.9 Å². The predicted molar refractivity (Wildman–Crippen MR) is 136 cm³/mol. The van der Waals surface area contributed by atoms with Gasteiger partial charge in [0.15, 0.2) is 11.4 Å². The van der Waals surface area contributed by atoms with Crippen LogP contribution in [0.4, 0.5) is 0 Å². The molecular weight excluding hydrogens is 492 g/mol. The summed E-state index contributed by atoms with van der Waals surface area (Å²) in [5.74, 6) is -8.65. The lowest BCUT2D eigenvalue weighted by Crippen LogP contribution is -2.70. The van der Waals surface area contributed by atoms with Crippen LogP contribution in [-0.2, 0) is 19.8 Å². The highest BCUT2D eigenvalue weighted by atomic mass is 16.4. The number of carbonyl (C=O) groups excluding carboxylic acids is 3. The molecule has 0 aliphatic heterocycles. The van der Waals surface area contributed by atoms with E-state index in [0.717, 1.165) is 25.7 Å². The maximum Gasteiger partial charge on any atom is 0.255 e. The number of phenols is 1. The van der Waals surface area contributed by atoms with E-state index in [1.54, 1.807) is 13.0 Å². The zero-order chi connectivity index (χ0) is 28.1. The summed E-state index contributed by atoms with van der Waals surface area (Å²) < 4.78 is 0. The number of ketones is 2. The van der Waals surface area contributed by atoms with Gasteiger partial charge in [-0.05, 0) is 43.8 Å². The van der Waals surface area contributed by atoms with Gasteiger partial charge in [0.2, 0.25) is 5.78 Å². The highest BCUT2D eigenvalue weighted by Crippen LogP contribution is 2.57. The van der Waals surface area contributed by atoms with E-state index in [4.69, 9.17) is 5.73 Å². The smallest absolute Gasteiger partial charge is 0.255 e. The molecule has 10 heteroatoms. The molecule has 204 valence electrons. The fourth-order valence-electron chi connectivity index (χ4n) is 7.53. The van der Waals surface area contributed by atoms with Gasteiger partial charge in [0.05, 0.1) is 23.6 Å². The highest BCUT2D eigenvalue weighted by Gasteiger charge is 2.68. The number of phenolic OH excluding ortho intramolecular Hbond substituents is 1. The third-order valence-electron chi connectivity index (χ3n) is 9.49. The average molecular weight is 527 g/mol. The lowest BCUT2D eigenvalue weighted by molar-refractivity contribution is -0.169. The standard InChI is InChI=1S/C28H34N2O8/c1-11-12-7-8-13(27(2)9-5-6-10-27)20(31)15(12)21(32)16-14(11)22(33)18-19(30(3)4)23(34)17(26(29)37)25(36)28(18,38)24(16)35/h7-8,11,14,18-19,22,31-33,36,38H,5-6,9-10H2,1-4H3,(H2,29,37)/t11-,14+,18+,19-,22-,28-/m1/s1. The van der Waals surface area contributed by atoms with Gasteiger partial charge in [-0.25, -0.2) is 0 Å². The number of nitrogens with zero attached hydrogens (tertiary/aromatic N) is 1. The summed E-state index contributed by atoms with van der Waals surface area (Å²) in [4.78, 5) is 40.8. The lowest BCUT2D eigenvalue weighted by Gasteiger charge is -2.53. The Hall–Kier alpha value is -3.21. The van der Waals surface area contributed by atoms with Gasteiger partial charge in [-0.3, -0.25) is 19.3 Å². The number of carbonyl (C=O) groups is 3. The Morgan fingerprint density at radius 2 is 1.71 bits per heavy atom. The number of rotatable bonds is 3. The molecule has 0 bridgehead atoms. The van der Waals surface area contributed by atoms with Crippen LogP contribution in [0.5, 0.6) is 5.75 Å². The third-order valence-corrected chi connectivity index (χ3v) is 9.49. The Labute approximate surface area is 220 Å². The van der Waals surface area contributed by atoms with Crippen LogP contribution in [0.25, 0.3) is 5.76 Å². The molecule has 2 fully saturated rings. The summed E-state index contributed by atoms with van der Waals surface area (Å²) in [6.07, 6.45) is 2.10. The van der Waals surface area contributed by atoms with Crippen molar-refractivity contribution in [2.45, 2.75) is 68.6 Å². The fraction of sp³-hybridized carbons (Fsp3) is 0.536. The minimum atomic E-state index is -2.91. The molecule has 4 aliphatic rings. The summed E-state index contributed by atoms with van der Waals surface area (Å²) >= 11 is 0. The Kier molecular flexibility index (Phi) is 5.83. The molecule has 0 spiro atoms. The Morgan fingerprint density at radius 1 is 1.11 bits per heavy atom. The normalized spacial score (nSPS) is 34.3. The maximum atomic E-state index is 14.1. The van der Waals surface area contributed by atoms with Crippen molar-refractivity contribution in [2.75, 3.05) is 14.1 Å². The summed E-state index contributed by atoms with van der Waals surface area (Å²) in [6.45, 7) is 3.77. The Bertz CT molecular complexity index is 1340. The molecule has 5 rings (SSSR count). The number of aromatic hydroxyl groups is 1. The molecule has 1 aromatic carbocycles. The summed E-state index contributed by atoms with van der Waals surface area (Å²) in [5, 5.41) is 57.3. The number of nitrogens with two attached hydrogens (primary N) is 1. The topological polar surface area (TPSA) is 182 Å². The third kappa shape index (κ3) is 3.14. The van der Waals surface area contributed by atoms with E-state index < -0.39 is 70.1 Å². The van der Waals surface area contributed by atoms with Crippen molar-refractivity contribution in [3.05, 3.63) is 45.7 Å². The number of aliphatic hydroxyl groups excluding tert-OH is 3. The SMILES string of the molecule is C[C@@H]1c2ccc(C3(C)CCCC3)c(O)c2C(O)=C2C(=O)[C@@]3(O)C(O)=C(C(N)=O)C(=O)[C@H](N(C)C)[C@H]3[C@H](O)[C@H]21. The molecule has 7 N–H and O–H groups in total. The quantitative estimate of drug-likeness (QED) is 0.317. The van der Waals surface area contributed by atoms with Crippen LogP contribution in [0.2, 0.25) is 0 Å². The molecule has 1 amide bonds. The van der Waals surface area contributed by atoms with E-state index in [2.05, 4.69) is 0 Å². The van der Waals surface area contributed by atoms with Gasteiger partial charge in [-0.1, -0.05) is 38.8 Å². The fourth-order valence-corrected chi connectivity index (χ4v) is 7.53. The monoisotopic (exact) mass is 526 g/mol. The van der Waals surface area contributed by atoms with Gasteiger partial charge in [-0.2, -0.15) is 0 Å². The summed E-state index contributed by atoms with van der Waals surface area (Å²) in [7, 11) is 2.96. The summed E-state index contributed by atoms with van der Waals surface area (Å²) in [5.41, 5.74) is 2.03. The van der Waals surface area contributed by atoms with E-state index in [1.807, 2.05) is 13.0 Å². The van der Waals surface area contributed by atoms with E-state index in [-0.39, 0.29) is 22.3 Å². The van der Waals surface area contributed by atoms with Crippen LogP contribution in [0, 0.1) is 11.8 Å². The minimum Gasteiger partial charge on any atom is -0.508 e. The van der Waals surface area contributed by atoms with Crippen molar-refractivity contribution >= 4 is 23.2 Å². The van der Waals surface area contributed by atoms with Gasteiger partial charge >= 0.3 is 0 Å². The number of fused-ring (bicyclic) bond motifs is 3. The molecule has 4 aliphatic carbocycles. The zero-order valence-electron chi connectivity index (χ0n) is 21.9. The second-order valence-electron chi connectivity index (χ2n) is 11.7. The van der Waals surface area contributed by atoms with E-state index >= 15 is 0 Å². The van der Waals surface area contributed by atoms with Crippen molar-refractivity contribution in [3.8, 4) is 5.75 Å². The van der Waals surface area contributed by atoms with Gasteiger partial charge in [0.1, 0.15) is 22.8 Å². The Balaban J connectivity index is 1.78. The molecule has 1 aromatic rings. The molecule has 2 saturated carbocycles. The number of benzene rings is 1. The van der Waals surface area contributed by atoms with Crippen molar-refractivity contribution in [3.63, 3.8) is 0 Å². The number of hydrogen-bond donors (Lipinski definition) is 6. The average Bonchev–Trinajstić information content (AvgIpc) is 3.28. The molecule has 0 unspecified atom stereocenters. The second kappa shape index (κ2) is 8.39. The van der Waals surface area contributed by atoms with Gasteiger partial charge in [0.25, 0.3) is 5.91 Å². The molecule has 10 nitrogen and oxygen atoms in total. The molecule has 6 atom stereocenters. The van der Waals surface area contributed by atoms with Crippen LogP contribution >= 0.6 is 0 Å². The molecule has 38 heavy (non-hydrogen) atoms. The number of amides is 1. The predicted octanol–water partition coefficient (Wildman–Crippen LogP) is 1.33. The van der Waals surface area contributed by atoms with E-state index in [0.29, 0.717) is 11.1 Å². The number of aliphatic hydroxyl groups is 4. The lowest BCUT2D eigenvalue weighted by atomic mass is 9.54. The zero-order valence-corrected chi connectivity index (χ0v) is 21.9.